The number of hydrogen-bond acceptors (Lipinski definition) is 2. The van der Waals surface area contributed by atoms with Crippen LogP contribution in [0, 0.1) is 23.2 Å². The van der Waals surface area contributed by atoms with Crippen LogP contribution in [0.25, 0.3) is 0 Å². The zero-order chi connectivity index (χ0) is 13.8. The highest BCUT2D eigenvalue weighted by molar-refractivity contribution is 5.85. The molecule has 3 nitrogen and oxygen atoms in total. The molecule has 4 aliphatic rings. The van der Waals surface area contributed by atoms with Gasteiger partial charge in [0.15, 0.2) is 0 Å². The molecule has 2 aliphatic carbocycles. The van der Waals surface area contributed by atoms with Crippen LogP contribution < -0.4 is 5.73 Å². The van der Waals surface area contributed by atoms with Crippen LogP contribution in [0.2, 0.25) is 0 Å². The minimum atomic E-state index is -0.358. The first-order chi connectivity index (χ1) is 8.84. The second-order valence-electron chi connectivity index (χ2n) is 8.26. The van der Waals surface area contributed by atoms with E-state index in [1.54, 1.807) is 0 Å². The number of rotatable bonds is 1. The summed E-state index contributed by atoms with van der Waals surface area (Å²) < 4.78 is 0. The number of carbonyl (C=O) groups excluding carboxylic acids is 1. The number of halogens is 1. The van der Waals surface area contributed by atoms with Gasteiger partial charge in [0.1, 0.15) is 0 Å². The van der Waals surface area contributed by atoms with Crippen molar-refractivity contribution in [2.45, 2.75) is 65.0 Å². The maximum absolute atomic E-state index is 12.8. The second kappa shape index (κ2) is 5.49. The van der Waals surface area contributed by atoms with Gasteiger partial charge in [0, 0.05) is 12.6 Å². The summed E-state index contributed by atoms with van der Waals surface area (Å²) in [5, 5.41) is 0. The van der Waals surface area contributed by atoms with E-state index in [0.717, 1.165) is 24.3 Å². The van der Waals surface area contributed by atoms with Crippen molar-refractivity contribution in [1.29, 1.82) is 0 Å². The molecule has 0 aromatic rings. The molecule has 0 radical (unpaired) electrons. The Bertz CT molecular complexity index is 365. The average Bonchev–Trinajstić information content (AvgIpc) is 2.50. The summed E-state index contributed by atoms with van der Waals surface area (Å²) in [4.78, 5) is 14.9. The Labute approximate surface area is 129 Å². The van der Waals surface area contributed by atoms with Crippen LogP contribution in [0.1, 0.15) is 52.9 Å². The molecule has 20 heavy (non-hydrogen) atoms. The van der Waals surface area contributed by atoms with Crippen LogP contribution in [0.15, 0.2) is 0 Å². The highest BCUT2D eigenvalue weighted by Crippen LogP contribution is 2.47. The van der Waals surface area contributed by atoms with Crippen LogP contribution in [0.5, 0.6) is 0 Å². The Balaban J connectivity index is 0.00000147. The third kappa shape index (κ3) is 2.85. The van der Waals surface area contributed by atoms with Gasteiger partial charge in [0.05, 0.1) is 6.04 Å². The summed E-state index contributed by atoms with van der Waals surface area (Å²) in [6.07, 6.45) is 6.58. The third-order valence-corrected chi connectivity index (χ3v) is 5.59. The minimum Gasteiger partial charge on any atom is -0.338 e. The predicted molar refractivity (Wildman–Crippen MR) is 83.7 cm³/mol. The van der Waals surface area contributed by atoms with Crippen LogP contribution in [-0.2, 0) is 4.79 Å². The van der Waals surface area contributed by atoms with Gasteiger partial charge in [-0.1, -0.05) is 20.8 Å². The van der Waals surface area contributed by atoms with E-state index in [9.17, 15) is 4.79 Å². The van der Waals surface area contributed by atoms with E-state index in [2.05, 4.69) is 25.7 Å². The van der Waals surface area contributed by atoms with Crippen LogP contribution in [0.4, 0.5) is 0 Å². The Hall–Kier alpha value is -0.280. The normalized spacial score (nSPS) is 37.3. The molecule has 0 aromatic carbocycles. The molecule has 2 aliphatic heterocycles. The molecule has 2 unspecified atom stereocenters. The van der Waals surface area contributed by atoms with Crippen LogP contribution >= 0.6 is 12.4 Å². The zero-order valence-corrected chi connectivity index (χ0v) is 13.8. The Morgan fingerprint density at radius 2 is 1.55 bits per heavy atom. The molecule has 4 fully saturated rings. The van der Waals surface area contributed by atoms with Gasteiger partial charge in [0.2, 0.25) is 5.91 Å². The van der Waals surface area contributed by atoms with E-state index < -0.39 is 0 Å². The third-order valence-electron chi connectivity index (χ3n) is 5.59. The molecular formula is C16H29ClN2O. The summed E-state index contributed by atoms with van der Waals surface area (Å²) in [7, 11) is 0. The lowest BCUT2D eigenvalue weighted by Gasteiger charge is -2.40. The molecule has 0 aromatic heterocycles. The first-order valence-corrected chi connectivity index (χ1v) is 7.90. The van der Waals surface area contributed by atoms with Gasteiger partial charge in [-0.05, 0) is 55.3 Å². The molecule has 2 saturated carbocycles. The van der Waals surface area contributed by atoms with E-state index >= 15 is 0 Å². The van der Waals surface area contributed by atoms with E-state index in [-0.39, 0.29) is 29.8 Å². The smallest absolute Gasteiger partial charge is 0.240 e. The molecule has 116 valence electrons. The SMILES string of the molecule is CC(C)(C)[C@H](N)C(=O)N1CC2CC3CC(C2)CC1C3.Cl. The van der Waals surface area contributed by atoms with Crippen molar-refractivity contribution in [3.8, 4) is 0 Å². The van der Waals surface area contributed by atoms with Gasteiger partial charge in [-0.2, -0.15) is 0 Å². The monoisotopic (exact) mass is 300 g/mol. The molecule has 0 spiro atoms. The van der Waals surface area contributed by atoms with Crippen molar-refractivity contribution in [3.63, 3.8) is 0 Å². The van der Waals surface area contributed by atoms with Gasteiger partial charge < -0.3 is 10.6 Å². The van der Waals surface area contributed by atoms with Crippen molar-refractivity contribution in [2.24, 2.45) is 28.9 Å². The van der Waals surface area contributed by atoms with Crippen LogP contribution in [0.3, 0.4) is 0 Å². The minimum absolute atomic E-state index is 0. The molecule has 4 heteroatoms. The first-order valence-electron chi connectivity index (χ1n) is 7.90. The number of carbonyl (C=O) groups is 1. The molecule has 2 saturated heterocycles. The first kappa shape index (κ1) is 16.1. The Morgan fingerprint density at radius 1 is 1.05 bits per heavy atom. The van der Waals surface area contributed by atoms with Crippen LogP contribution in [-0.4, -0.2) is 29.4 Å². The Kier molecular flexibility index (Phi) is 4.42. The van der Waals surface area contributed by atoms with E-state index in [4.69, 9.17) is 5.73 Å². The van der Waals surface area contributed by atoms with Gasteiger partial charge in [-0.3, -0.25) is 4.79 Å². The molecule has 3 atom stereocenters. The summed E-state index contributed by atoms with van der Waals surface area (Å²) in [6, 6.07) is 0.125. The van der Waals surface area contributed by atoms with Gasteiger partial charge in [-0.15, -0.1) is 12.4 Å². The standard InChI is InChI=1S/C16H28N2O.ClH/c1-16(2,3)14(17)15(19)18-9-12-5-10-4-11(6-12)8-13(18)7-10;/h10-14H,4-9,17H2,1-3H3;1H/t10?,11?,12?,13?,14-;/m1./s1. The van der Waals surface area contributed by atoms with E-state index in [0.29, 0.717) is 6.04 Å². The summed E-state index contributed by atoms with van der Waals surface area (Å²) >= 11 is 0. The summed E-state index contributed by atoms with van der Waals surface area (Å²) in [6.45, 7) is 7.17. The average molecular weight is 301 g/mol. The number of fused-ring (bicyclic) bond motifs is 1. The van der Waals surface area contributed by atoms with E-state index in [1.165, 1.54) is 32.1 Å². The predicted octanol–water partition coefficient (Wildman–Crippen LogP) is 2.82. The van der Waals surface area contributed by atoms with Crippen molar-refractivity contribution in [1.82, 2.24) is 4.90 Å². The fourth-order valence-corrected chi connectivity index (χ4v) is 4.60. The number of amides is 1. The van der Waals surface area contributed by atoms with Gasteiger partial charge in [-0.25, -0.2) is 0 Å². The van der Waals surface area contributed by atoms with Crippen molar-refractivity contribution >= 4 is 18.3 Å². The molecule has 1 amide bonds. The van der Waals surface area contributed by atoms with E-state index in [1.807, 2.05) is 0 Å². The van der Waals surface area contributed by atoms with Gasteiger partial charge >= 0.3 is 0 Å². The maximum Gasteiger partial charge on any atom is 0.240 e. The topological polar surface area (TPSA) is 46.3 Å². The highest BCUT2D eigenvalue weighted by atomic mass is 35.5. The maximum atomic E-state index is 12.8. The summed E-state index contributed by atoms with van der Waals surface area (Å²) in [5.74, 6) is 2.70. The van der Waals surface area contributed by atoms with Gasteiger partial charge in [0.25, 0.3) is 0 Å². The second-order valence-corrected chi connectivity index (χ2v) is 8.26. The van der Waals surface area contributed by atoms with Crippen molar-refractivity contribution in [3.05, 3.63) is 0 Å². The fourth-order valence-electron chi connectivity index (χ4n) is 4.60. The fraction of sp³-hybridized carbons (Fsp3) is 0.938. The molecule has 2 N–H and O–H groups in total. The Morgan fingerprint density at radius 3 is 2.05 bits per heavy atom. The lowest BCUT2D eigenvalue weighted by Crippen LogP contribution is -2.54. The number of nitrogens with zero attached hydrogens (tertiary/aromatic N) is 1. The lowest BCUT2D eigenvalue weighted by molar-refractivity contribution is -0.137. The molecule has 4 rings (SSSR count). The number of nitrogens with two attached hydrogens (primary N) is 1. The van der Waals surface area contributed by atoms with Crippen molar-refractivity contribution in [2.75, 3.05) is 6.54 Å². The number of hydrogen-bond donors (Lipinski definition) is 1. The zero-order valence-electron chi connectivity index (χ0n) is 13.0. The molecule has 2 heterocycles. The highest BCUT2D eigenvalue weighted by Gasteiger charge is 2.45. The molecule has 4 bridgehead atoms. The summed E-state index contributed by atoms with van der Waals surface area (Å²) in [5.41, 5.74) is 6.08. The molecular weight excluding hydrogens is 272 g/mol. The quantitative estimate of drug-likeness (QED) is 0.809. The lowest BCUT2D eigenvalue weighted by atomic mass is 9.68. The van der Waals surface area contributed by atoms with Crippen molar-refractivity contribution < 1.29 is 4.79 Å². The largest absolute Gasteiger partial charge is 0.338 e.